The van der Waals surface area contributed by atoms with Crippen LogP contribution >= 0.6 is 11.8 Å². The van der Waals surface area contributed by atoms with Gasteiger partial charge in [0.1, 0.15) is 5.60 Å². The van der Waals surface area contributed by atoms with Gasteiger partial charge in [-0.05, 0) is 25.0 Å². The molecule has 0 amide bonds. The molecule has 0 radical (unpaired) electrons. The van der Waals surface area contributed by atoms with Crippen molar-refractivity contribution in [1.82, 2.24) is 9.97 Å². The summed E-state index contributed by atoms with van der Waals surface area (Å²) >= 11 is 1.53. The molecule has 3 aromatic rings. The molecule has 2 unspecified atom stereocenters. The molecule has 3 rings (SSSR count). The van der Waals surface area contributed by atoms with Gasteiger partial charge in [0, 0.05) is 5.25 Å². The second kappa shape index (κ2) is 9.76. The van der Waals surface area contributed by atoms with Gasteiger partial charge in [0.2, 0.25) is 11.8 Å². The SMILES string of the molecule is COc1cc(OC)nc(SC(C)C(C)(OCc2ccccc2)c2ccccc2)n1. The van der Waals surface area contributed by atoms with Crippen LogP contribution in [0.3, 0.4) is 0 Å². The van der Waals surface area contributed by atoms with Crippen molar-refractivity contribution < 1.29 is 14.2 Å². The summed E-state index contributed by atoms with van der Waals surface area (Å²) in [5.41, 5.74) is 1.68. The van der Waals surface area contributed by atoms with Gasteiger partial charge in [-0.2, -0.15) is 9.97 Å². The predicted octanol–water partition coefficient (Wildman–Crippen LogP) is 5.11. The van der Waals surface area contributed by atoms with Crippen molar-refractivity contribution in [2.75, 3.05) is 14.2 Å². The number of hydrogen-bond acceptors (Lipinski definition) is 6. The molecular formula is C23H26N2O3S. The molecule has 152 valence electrons. The van der Waals surface area contributed by atoms with Crippen molar-refractivity contribution in [1.29, 1.82) is 0 Å². The van der Waals surface area contributed by atoms with E-state index in [1.54, 1.807) is 20.3 Å². The quantitative estimate of drug-likeness (QED) is 0.361. The van der Waals surface area contributed by atoms with Crippen molar-refractivity contribution in [3.8, 4) is 11.8 Å². The fraction of sp³-hybridized carbons (Fsp3) is 0.304. The number of aromatic nitrogens is 2. The number of nitrogens with zero attached hydrogens (tertiary/aromatic N) is 2. The maximum Gasteiger partial charge on any atom is 0.220 e. The molecule has 2 atom stereocenters. The van der Waals surface area contributed by atoms with Gasteiger partial charge >= 0.3 is 0 Å². The highest BCUT2D eigenvalue weighted by molar-refractivity contribution is 7.99. The third-order valence-electron chi connectivity index (χ3n) is 4.86. The smallest absolute Gasteiger partial charge is 0.220 e. The lowest BCUT2D eigenvalue weighted by Gasteiger charge is -2.35. The molecule has 0 saturated carbocycles. The van der Waals surface area contributed by atoms with Gasteiger partial charge in [-0.25, -0.2) is 0 Å². The zero-order valence-corrected chi connectivity index (χ0v) is 18.0. The van der Waals surface area contributed by atoms with Gasteiger partial charge in [0.15, 0.2) is 5.16 Å². The molecular weight excluding hydrogens is 384 g/mol. The average molecular weight is 411 g/mol. The van der Waals surface area contributed by atoms with Crippen LogP contribution in [0.15, 0.2) is 71.9 Å². The number of thioether (sulfide) groups is 1. The van der Waals surface area contributed by atoms with E-state index in [0.29, 0.717) is 23.5 Å². The molecule has 1 aromatic heterocycles. The van der Waals surface area contributed by atoms with Crippen LogP contribution in [0.2, 0.25) is 0 Å². The van der Waals surface area contributed by atoms with E-state index in [0.717, 1.165) is 11.1 Å². The fourth-order valence-corrected chi connectivity index (χ4v) is 3.96. The van der Waals surface area contributed by atoms with Crippen LogP contribution < -0.4 is 9.47 Å². The normalized spacial score (nSPS) is 14.1. The monoisotopic (exact) mass is 410 g/mol. The Bertz CT molecular complexity index is 886. The fourth-order valence-electron chi connectivity index (χ4n) is 2.93. The highest BCUT2D eigenvalue weighted by Gasteiger charge is 2.36. The van der Waals surface area contributed by atoms with Crippen molar-refractivity contribution in [3.63, 3.8) is 0 Å². The van der Waals surface area contributed by atoms with Crippen LogP contribution in [-0.4, -0.2) is 29.4 Å². The highest BCUT2D eigenvalue weighted by atomic mass is 32.2. The first-order valence-electron chi connectivity index (χ1n) is 9.42. The molecule has 0 N–H and O–H groups in total. The van der Waals surface area contributed by atoms with Crippen molar-refractivity contribution in [2.45, 2.75) is 36.5 Å². The standard InChI is InChI=1S/C23H26N2O3S/c1-17(29-22-24-20(26-3)15-21(25-22)27-4)23(2,19-13-9-6-10-14-19)28-16-18-11-7-5-8-12-18/h5-15,17H,16H2,1-4H3. The van der Waals surface area contributed by atoms with E-state index < -0.39 is 5.60 Å². The van der Waals surface area contributed by atoms with Crippen LogP contribution in [0.5, 0.6) is 11.8 Å². The molecule has 29 heavy (non-hydrogen) atoms. The Hall–Kier alpha value is -2.57. The van der Waals surface area contributed by atoms with Crippen LogP contribution in [0.25, 0.3) is 0 Å². The van der Waals surface area contributed by atoms with Gasteiger partial charge in [-0.3, -0.25) is 0 Å². The summed E-state index contributed by atoms with van der Waals surface area (Å²) in [5, 5.41) is 0.601. The number of hydrogen-bond donors (Lipinski definition) is 0. The van der Waals surface area contributed by atoms with Crippen molar-refractivity contribution in [2.24, 2.45) is 0 Å². The van der Waals surface area contributed by atoms with Gasteiger partial charge in [0.05, 0.1) is 26.9 Å². The first-order chi connectivity index (χ1) is 14.0. The lowest BCUT2D eigenvalue weighted by molar-refractivity contribution is -0.0465. The first kappa shape index (κ1) is 21.1. The minimum absolute atomic E-state index is 0.0189. The summed E-state index contributed by atoms with van der Waals surface area (Å²) < 4.78 is 17.1. The molecule has 0 spiro atoms. The van der Waals surface area contributed by atoms with E-state index in [4.69, 9.17) is 14.2 Å². The van der Waals surface area contributed by atoms with E-state index in [-0.39, 0.29) is 5.25 Å². The van der Waals surface area contributed by atoms with Gasteiger partial charge in [-0.1, -0.05) is 72.4 Å². The van der Waals surface area contributed by atoms with Crippen molar-refractivity contribution in [3.05, 3.63) is 77.9 Å². The topological polar surface area (TPSA) is 53.5 Å². The third kappa shape index (κ3) is 5.28. The van der Waals surface area contributed by atoms with Crippen molar-refractivity contribution >= 4 is 11.8 Å². The van der Waals surface area contributed by atoms with Crippen LogP contribution in [0, 0.1) is 0 Å². The summed E-state index contributed by atoms with van der Waals surface area (Å²) in [6, 6.07) is 22.1. The minimum atomic E-state index is -0.554. The molecule has 0 saturated heterocycles. The number of benzene rings is 2. The Morgan fingerprint density at radius 1 is 0.897 bits per heavy atom. The van der Waals surface area contributed by atoms with E-state index >= 15 is 0 Å². The summed E-state index contributed by atoms with van der Waals surface area (Å²) in [5.74, 6) is 0.941. The van der Waals surface area contributed by atoms with E-state index in [1.807, 2.05) is 36.4 Å². The molecule has 0 fully saturated rings. The molecule has 0 aliphatic heterocycles. The lowest BCUT2D eigenvalue weighted by Crippen LogP contribution is -2.35. The van der Waals surface area contributed by atoms with Crippen LogP contribution in [0.1, 0.15) is 25.0 Å². The van der Waals surface area contributed by atoms with E-state index in [1.165, 1.54) is 11.8 Å². The number of rotatable bonds is 9. The van der Waals surface area contributed by atoms with Gasteiger partial charge in [-0.15, -0.1) is 0 Å². The Labute approximate surface area is 176 Å². The molecule has 1 heterocycles. The minimum Gasteiger partial charge on any atom is -0.481 e. The molecule has 6 heteroatoms. The second-order valence-corrected chi connectivity index (χ2v) is 8.05. The maximum absolute atomic E-state index is 6.51. The second-order valence-electron chi connectivity index (χ2n) is 6.74. The molecule has 0 aliphatic rings. The summed E-state index contributed by atoms with van der Waals surface area (Å²) in [7, 11) is 3.16. The summed E-state index contributed by atoms with van der Waals surface area (Å²) in [6.07, 6.45) is 0. The number of ether oxygens (including phenoxy) is 3. The maximum atomic E-state index is 6.51. The predicted molar refractivity (Wildman–Crippen MR) is 115 cm³/mol. The lowest BCUT2D eigenvalue weighted by atomic mass is 9.92. The Morgan fingerprint density at radius 3 is 2.00 bits per heavy atom. The van der Waals surface area contributed by atoms with E-state index in [2.05, 4.69) is 48.1 Å². The van der Waals surface area contributed by atoms with E-state index in [9.17, 15) is 0 Å². The molecule has 0 bridgehead atoms. The number of methoxy groups -OCH3 is 2. The Balaban J connectivity index is 1.87. The molecule has 0 aliphatic carbocycles. The van der Waals surface area contributed by atoms with Gasteiger partial charge < -0.3 is 14.2 Å². The van der Waals surface area contributed by atoms with Gasteiger partial charge in [0.25, 0.3) is 0 Å². The summed E-state index contributed by atoms with van der Waals surface area (Å²) in [6.45, 7) is 4.75. The Kier molecular flexibility index (Phi) is 7.12. The highest BCUT2D eigenvalue weighted by Crippen LogP contribution is 2.39. The first-order valence-corrected chi connectivity index (χ1v) is 10.3. The zero-order valence-electron chi connectivity index (χ0n) is 17.2. The molecule has 2 aromatic carbocycles. The zero-order chi connectivity index (χ0) is 20.7. The molecule has 5 nitrogen and oxygen atoms in total. The summed E-state index contributed by atoms with van der Waals surface area (Å²) in [4.78, 5) is 8.92. The van der Waals surface area contributed by atoms with Crippen LogP contribution in [0.4, 0.5) is 0 Å². The Morgan fingerprint density at radius 2 is 1.45 bits per heavy atom. The third-order valence-corrected chi connectivity index (χ3v) is 6.06. The average Bonchev–Trinajstić information content (AvgIpc) is 2.78. The largest absolute Gasteiger partial charge is 0.481 e. The van der Waals surface area contributed by atoms with Crippen LogP contribution in [-0.2, 0) is 16.9 Å².